The van der Waals surface area contributed by atoms with Crippen molar-refractivity contribution in [2.45, 2.75) is 13.3 Å². The third-order valence-corrected chi connectivity index (χ3v) is 2.49. The van der Waals surface area contributed by atoms with Crippen molar-refractivity contribution in [2.24, 2.45) is 0 Å². The Labute approximate surface area is 102 Å². The van der Waals surface area contributed by atoms with Gasteiger partial charge in [0.15, 0.2) is 5.78 Å². The summed E-state index contributed by atoms with van der Waals surface area (Å²) in [5, 5.41) is 3.12. The molecule has 4 nitrogen and oxygen atoms in total. The molecule has 0 saturated carbocycles. The Morgan fingerprint density at radius 3 is 2.65 bits per heavy atom. The summed E-state index contributed by atoms with van der Waals surface area (Å²) in [7, 11) is 3.14. The van der Waals surface area contributed by atoms with Gasteiger partial charge in [0.1, 0.15) is 11.5 Å². The zero-order valence-corrected chi connectivity index (χ0v) is 10.6. The van der Waals surface area contributed by atoms with Gasteiger partial charge in [-0.3, -0.25) is 4.79 Å². The van der Waals surface area contributed by atoms with Crippen LogP contribution >= 0.6 is 0 Å². The van der Waals surface area contributed by atoms with Gasteiger partial charge in [0, 0.05) is 19.0 Å². The van der Waals surface area contributed by atoms with Gasteiger partial charge in [0.25, 0.3) is 0 Å². The van der Waals surface area contributed by atoms with Crippen LogP contribution in [0.25, 0.3) is 0 Å². The van der Waals surface area contributed by atoms with E-state index in [9.17, 15) is 4.79 Å². The molecule has 1 N–H and O–H groups in total. The Hall–Kier alpha value is -1.55. The average Bonchev–Trinajstić information content (AvgIpc) is 2.38. The van der Waals surface area contributed by atoms with Crippen molar-refractivity contribution < 1.29 is 14.3 Å². The van der Waals surface area contributed by atoms with Gasteiger partial charge in [-0.25, -0.2) is 0 Å². The van der Waals surface area contributed by atoms with Crippen molar-refractivity contribution in [3.05, 3.63) is 23.8 Å². The molecule has 0 saturated heterocycles. The van der Waals surface area contributed by atoms with E-state index in [2.05, 4.69) is 5.32 Å². The lowest BCUT2D eigenvalue weighted by Gasteiger charge is -2.09. The maximum absolute atomic E-state index is 11.9. The summed E-state index contributed by atoms with van der Waals surface area (Å²) >= 11 is 0. The Kier molecular flexibility index (Phi) is 5.49. The molecular weight excluding hydrogens is 218 g/mol. The van der Waals surface area contributed by atoms with E-state index in [0.29, 0.717) is 30.0 Å². The van der Waals surface area contributed by atoms with Crippen LogP contribution in [0.15, 0.2) is 18.2 Å². The summed E-state index contributed by atoms with van der Waals surface area (Å²) < 4.78 is 10.3. The number of hydrogen-bond acceptors (Lipinski definition) is 4. The third kappa shape index (κ3) is 3.75. The number of methoxy groups -OCH3 is 2. The van der Waals surface area contributed by atoms with Crippen molar-refractivity contribution in [3.8, 4) is 11.5 Å². The summed E-state index contributed by atoms with van der Waals surface area (Å²) in [6.45, 7) is 3.57. The maximum atomic E-state index is 11.9. The second-order valence-corrected chi connectivity index (χ2v) is 3.59. The van der Waals surface area contributed by atoms with Crippen LogP contribution in [0.2, 0.25) is 0 Å². The highest BCUT2D eigenvalue weighted by Crippen LogP contribution is 2.25. The summed E-state index contributed by atoms with van der Waals surface area (Å²) in [5.74, 6) is 1.32. The largest absolute Gasteiger partial charge is 0.497 e. The molecule has 0 aliphatic heterocycles. The van der Waals surface area contributed by atoms with Crippen LogP contribution in [0, 0.1) is 0 Å². The number of carbonyl (C=O) groups is 1. The van der Waals surface area contributed by atoms with Crippen LogP contribution in [0.1, 0.15) is 23.7 Å². The molecule has 94 valence electrons. The number of benzene rings is 1. The van der Waals surface area contributed by atoms with Crippen molar-refractivity contribution >= 4 is 5.78 Å². The second kappa shape index (κ2) is 6.91. The van der Waals surface area contributed by atoms with Gasteiger partial charge in [0.2, 0.25) is 0 Å². The topological polar surface area (TPSA) is 47.6 Å². The van der Waals surface area contributed by atoms with E-state index in [1.54, 1.807) is 32.4 Å². The number of ketones is 1. The van der Waals surface area contributed by atoms with Crippen LogP contribution in [-0.2, 0) is 0 Å². The van der Waals surface area contributed by atoms with Gasteiger partial charge >= 0.3 is 0 Å². The minimum absolute atomic E-state index is 0.0745. The predicted molar refractivity (Wildman–Crippen MR) is 67.0 cm³/mol. The normalized spacial score (nSPS) is 10.1. The minimum atomic E-state index is 0.0745. The Balaban J connectivity index is 2.78. The summed E-state index contributed by atoms with van der Waals surface area (Å²) in [4.78, 5) is 11.9. The smallest absolute Gasteiger partial charge is 0.167 e. The zero-order valence-electron chi connectivity index (χ0n) is 10.6. The highest BCUT2D eigenvalue weighted by atomic mass is 16.5. The van der Waals surface area contributed by atoms with E-state index >= 15 is 0 Å². The first-order valence-corrected chi connectivity index (χ1v) is 5.68. The van der Waals surface area contributed by atoms with E-state index in [1.165, 1.54) is 0 Å². The van der Waals surface area contributed by atoms with Crippen LogP contribution in [-0.4, -0.2) is 33.1 Å². The van der Waals surface area contributed by atoms with Crippen LogP contribution < -0.4 is 14.8 Å². The van der Waals surface area contributed by atoms with E-state index in [-0.39, 0.29) is 5.78 Å². The number of carbonyl (C=O) groups excluding carboxylic acids is 1. The van der Waals surface area contributed by atoms with Gasteiger partial charge in [-0.1, -0.05) is 6.92 Å². The molecule has 0 fully saturated rings. The fourth-order valence-corrected chi connectivity index (χ4v) is 1.54. The Bertz CT molecular complexity index is 377. The molecular formula is C13H19NO3. The Morgan fingerprint density at radius 1 is 1.29 bits per heavy atom. The molecule has 4 heteroatoms. The van der Waals surface area contributed by atoms with Crippen LogP contribution in [0.5, 0.6) is 11.5 Å². The van der Waals surface area contributed by atoms with Crippen LogP contribution in [0.3, 0.4) is 0 Å². The zero-order chi connectivity index (χ0) is 12.7. The molecule has 0 heterocycles. The molecule has 1 aromatic carbocycles. The lowest BCUT2D eigenvalue weighted by molar-refractivity contribution is 0.0980. The lowest BCUT2D eigenvalue weighted by Crippen LogP contribution is -2.17. The predicted octanol–water partition coefficient (Wildman–Crippen LogP) is 1.89. The highest BCUT2D eigenvalue weighted by molar-refractivity contribution is 5.99. The fourth-order valence-electron chi connectivity index (χ4n) is 1.54. The number of hydrogen-bond donors (Lipinski definition) is 1. The fraction of sp³-hybridized carbons (Fsp3) is 0.462. The second-order valence-electron chi connectivity index (χ2n) is 3.59. The van der Waals surface area contributed by atoms with Crippen LogP contribution in [0.4, 0.5) is 0 Å². The molecule has 1 rings (SSSR count). The van der Waals surface area contributed by atoms with Gasteiger partial charge in [-0.2, -0.15) is 0 Å². The standard InChI is InChI=1S/C13H19NO3/c1-4-14-8-7-12(15)11-6-5-10(16-2)9-13(11)17-3/h5-6,9,14H,4,7-8H2,1-3H3. The molecule has 0 spiro atoms. The first-order valence-electron chi connectivity index (χ1n) is 5.68. The average molecular weight is 237 g/mol. The van der Waals surface area contributed by atoms with Gasteiger partial charge in [-0.05, 0) is 18.7 Å². The quantitative estimate of drug-likeness (QED) is 0.581. The maximum Gasteiger partial charge on any atom is 0.167 e. The van der Waals surface area contributed by atoms with Gasteiger partial charge in [0.05, 0.1) is 19.8 Å². The van der Waals surface area contributed by atoms with Gasteiger partial charge < -0.3 is 14.8 Å². The van der Waals surface area contributed by atoms with Gasteiger partial charge in [-0.15, -0.1) is 0 Å². The van der Waals surface area contributed by atoms with E-state index in [0.717, 1.165) is 6.54 Å². The highest BCUT2D eigenvalue weighted by Gasteiger charge is 2.12. The molecule has 0 aliphatic rings. The van der Waals surface area contributed by atoms with Crippen molar-refractivity contribution in [1.29, 1.82) is 0 Å². The molecule has 0 aromatic heterocycles. The number of Topliss-reactive ketones (excluding diaryl/α,β-unsaturated/α-hetero) is 1. The summed E-state index contributed by atoms with van der Waals surface area (Å²) in [6.07, 6.45) is 0.469. The Morgan fingerprint density at radius 2 is 2.06 bits per heavy atom. The molecule has 0 atom stereocenters. The first-order chi connectivity index (χ1) is 8.22. The molecule has 17 heavy (non-hydrogen) atoms. The third-order valence-electron chi connectivity index (χ3n) is 2.49. The molecule has 0 amide bonds. The lowest BCUT2D eigenvalue weighted by atomic mass is 10.1. The van der Waals surface area contributed by atoms with E-state index in [4.69, 9.17) is 9.47 Å². The first kappa shape index (κ1) is 13.5. The molecule has 0 bridgehead atoms. The summed E-state index contributed by atoms with van der Waals surface area (Å²) in [6, 6.07) is 5.23. The molecule has 0 unspecified atom stereocenters. The van der Waals surface area contributed by atoms with E-state index < -0.39 is 0 Å². The van der Waals surface area contributed by atoms with Crippen molar-refractivity contribution in [1.82, 2.24) is 5.32 Å². The number of rotatable bonds is 7. The molecule has 0 aliphatic carbocycles. The SMILES string of the molecule is CCNCCC(=O)c1ccc(OC)cc1OC. The van der Waals surface area contributed by atoms with Crippen molar-refractivity contribution in [2.75, 3.05) is 27.3 Å². The number of nitrogens with one attached hydrogen (secondary N) is 1. The summed E-state index contributed by atoms with van der Waals surface area (Å²) in [5.41, 5.74) is 0.603. The monoisotopic (exact) mass is 237 g/mol. The molecule has 1 aromatic rings. The van der Waals surface area contributed by atoms with E-state index in [1.807, 2.05) is 6.92 Å². The molecule has 0 radical (unpaired) electrons. The number of ether oxygens (including phenoxy) is 2. The van der Waals surface area contributed by atoms with Crippen molar-refractivity contribution in [3.63, 3.8) is 0 Å². The minimum Gasteiger partial charge on any atom is -0.497 e.